The van der Waals surface area contributed by atoms with Crippen molar-refractivity contribution in [3.05, 3.63) is 83.1 Å². The summed E-state index contributed by atoms with van der Waals surface area (Å²) in [5.41, 5.74) is 1.74. The molecule has 2 aromatic heterocycles. The number of anilines is 1. The maximum atomic E-state index is 14.2. The Morgan fingerprint density at radius 1 is 1.14 bits per heavy atom. The molecule has 1 fully saturated rings. The smallest absolute Gasteiger partial charge is 0.383 e. The number of nitrogens with zero attached hydrogens (tertiary/aromatic N) is 5. The lowest BCUT2D eigenvalue weighted by Gasteiger charge is -2.29. The highest BCUT2D eigenvalue weighted by molar-refractivity contribution is 6.36. The van der Waals surface area contributed by atoms with E-state index in [1.54, 1.807) is 54.5 Å². The monoisotopic (exact) mass is 623 g/mol. The first-order chi connectivity index (χ1) is 20.5. The largest absolute Gasteiger partial charge is 0.406 e. The van der Waals surface area contributed by atoms with Crippen LogP contribution >= 0.6 is 11.6 Å². The van der Waals surface area contributed by atoms with Crippen molar-refractivity contribution in [1.82, 2.24) is 29.8 Å². The molecule has 0 bridgehead atoms. The van der Waals surface area contributed by atoms with Crippen molar-refractivity contribution < 1.29 is 31.5 Å². The zero-order chi connectivity index (χ0) is 30.9. The average Bonchev–Trinajstić information content (AvgIpc) is 3.66. The summed E-state index contributed by atoms with van der Waals surface area (Å²) >= 11 is 6.70. The van der Waals surface area contributed by atoms with Crippen LogP contribution in [-0.2, 0) is 11.8 Å². The number of hydrogen-bond acceptors (Lipinski definition) is 5. The molecule has 0 spiro atoms. The lowest BCUT2D eigenvalue weighted by Crippen LogP contribution is -2.49. The third-order valence-corrected chi connectivity index (χ3v) is 7.58. The number of alkyl halides is 3. The number of aromatic nitrogens is 4. The molecule has 2 amide bonds. The quantitative estimate of drug-likeness (QED) is 0.258. The van der Waals surface area contributed by atoms with Crippen molar-refractivity contribution in [2.24, 2.45) is 7.05 Å². The predicted molar refractivity (Wildman–Crippen MR) is 149 cm³/mol. The highest BCUT2D eigenvalue weighted by atomic mass is 35.5. The van der Waals surface area contributed by atoms with Gasteiger partial charge in [-0.2, -0.15) is 23.4 Å². The van der Waals surface area contributed by atoms with Gasteiger partial charge in [-0.3, -0.25) is 14.9 Å². The van der Waals surface area contributed by atoms with Crippen molar-refractivity contribution in [2.45, 2.75) is 24.2 Å². The van der Waals surface area contributed by atoms with Crippen molar-refractivity contribution in [1.29, 1.82) is 0 Å². The molecule has 3 heterocycles. The second-order valence-electron chi connectivity index (χ2n) is 10.1. The number of halogens is 6. The van der Waals surface area contributed by atoms with E-state index in [1.165, 1.54) is 10.7 Å². The molecule has 228 valence electrons. The normalized spacial score (nSPS) is 18.1. The van der Waals surface area contributed by atoms with Crippen molar-refractivity contribution in [2.75, 3.05) is 32.1 Å². The number of aryl methyl sites for hydroxylation is 1. The molecule has 3 unspecified atom stereocenters. The fraction of sp³-hybridized carbons (Fsp3) is 0.321. The molecule has 0 aliphatic carbocycles. The van der Waals surface area contributed by atoms with E-state index >= 15 is 0 Å². The van der Waals surface area contributed by atoms with Crippen LogP contribution in [0.4, 0.5) is 32.6 Å². The van der Waals surface area contributed by atoms with Crippen LogP contribution in [0.1, 0.15) is 11.5 Å². The summed E-state index contributed by atoms with van der Waals surface area (Å²) in [5, 5.41) is 14.2. The molecule has 43 heavy (non-hydrogen) atoms. The fourth-order valence-electron chi connectivity index (χ4n) is 5.18. The topological polar surface area (TPSA) is 89.2 Å². The number of rotatable bonds is 8. The van der Waals surface area contributed by atoms with E-state index in [9.17, 15) is 26.7 Å². The second kappa shape index (κ2) is 12.3. The van der Waals surface area contributed by atoms with Crippen LogP contribution in [0.25, 0.3) is 16.9 Å². The number of carbonyl (C=O) groups is 1. The van der Waals surface area contributed by atoms with Gasteiger partial charge in [-0.15, -0.1) is 0 Å². The number of urea groups is 1. The molecular weight excluding hydrogens is 597 g/mol. The number of nitrogens with one attached hydrogen (secondary N) is 2. The number of amides is 2. The highest BCUT2D eigenvalue weighted by Crippen LogP contribution is 2.37. The lowest BCUT2D eigenvalue weighted by molar-refractivity contribution is -0.192. The van der Waals surface area contributed by atoms with Crippen LogP contribution in [0.15, 0.2) is 60.9 Å². The standard InChI is InChI=1S/C28H27ClF5N7O2/c1-39-12-17(11-35-39)25-24(29)26(41(38-25)18-6-4-3-5-7-18)37-27(42)36-22-14-40(23(15-43-2)28(32,33)34)13-19(22)16-8-9-20(30)21(31)10-16/h3-12,19,22-23H,13-15H2,1-2H3,(H2,36,37,42). The van der Waals surface area contributed by atoms with Gasteiger partial charge in [0.25, 0.3) is 0 Å². The Morgan fingerprint density at radius 2 is 1.88 bits per heavy atom. The summed E-state index contributed by atoms with van der Waals surface area (Å²) in [5.74, 6) is -2.94. The predicted octanol–water partition coefficient (Wildman–Crippen LogP) is 5.37. The number of hydrogen-bond donors (Lipinski definition) is 2. The van der Waals surface area contributed by atoms with E-state index in [0.29, 0.717) is 16.9 Å². The molecule has 2 aromatic carbocycles. The van der Waals surface area contributed by atoms with E-state index < -0.39 is 48.5 Å². The summed E-state index contributed by atoms with van der Waals surface area (Å²) in [4.78, 5) is 14.5. The van der Waals surface area contributed by atoms with E-state index in [1.807, 2.05) is 0 Å². The van der Waals surface area contributed by atoms with Gasteiger partial charge < -0.3 is 10.1 Å². The first-order valence-corrected chi connectivity index (χ1v) is 13.5. The van der Waals surface area contributed by atoms with Crippen LogP contribution in [0.5, 0.6) is 0 Å². The molecule has 9 nitrogen and oxygen atoms in total. The molecule has 2 N–H and O–H groups in total. The molecule has 5 rings (SSSR count). The second-order valence-corrected chi connectivity index (χ2v) is 10.5. The summed E-state index contributed by atoms with van der Waals surface area (Å²) in [7, 11) is 2.88. The first kappa shape index (κ1) is 30.4. The van der Waals surface area contributed by atoms with Crippen LogP contribution in [-0.4, -0.2) is 75.6 Å². The number of carbonyl (C=O) groups excluding carboxylic acids is 1. The first-order valence-electron chi connectivity index (χ1n) is 13.1. The minimum Gasteiger partial charge on any atom is -0.383 e. The summed E-state index contributed by atoms with van der Waals surface area (Å²) in [6.45, 7) is -1.08. The van der Waals surface area contributed by atoms with Gasteiger partial charge in [0.1, 0.15) is 16.8 Å². The van der Waals surface area contributed by atoms with Gasteiger partial charge in [0.05, 0.1) is 24.5 Å². The molecule has 4 aromatic rings. The molecule has 1 aliphatic heterocycles. The van der Waals surface area contributed by atoms with E-state index in [2.05, 4.69) is 20.8 Å². The average molecular weight is 624 g/mol. The minimum atomic E-state index is -4.63. The van der Waals surface area contributed by atoms with Gasteiger partial charge in [-0.1, -0.05) is 35.9 Å². The third-order valence-electron chi connectivity index (χ3n) is 7.22. The molecule has 0 radical (unpaired) electrons. The van der Waals surface area contributed by atoms with Crippen molar-refractivity contribution in [3.63, 3.8) is 0 Å². The Bertz CT molecular complexity index is 1590. The van der Waals surface area contributed by atoms with Crippen molar-refractivity contribution >= 4 is 23.4 Å². The molecular formula is C28H27ClF5N7O2. The maximum absolute atomic E-state index is 14.2. The summed E-state index contributed by atoms with van der Waals surface area (Å²) in [6, 6.07) is 8.29. The van der Waals surface area contributed by atoms with Crippen LogP contribution in [0.2, 0.25) is 5.02 Å². The van der Waals surface area contributed by atoms with Crippen LogP contribution in [0.3, 0.4) is 0 Å². The Kier molecular flexibility index (Phi) is 8.71. The van der Waals surface area contributed by atoms with Gasteiger partial charge in [0.15, 0.2) is 17.5 Å². The Morgan fingerprint density at radius 3 is 2.51 bits per heavy atom. The maximum Gasteiger partial charge on any atom is 0.406 e. The molecule has 15 heteroatoms. The number of para-hydroxylation sites is 1. The zero-order valence-electron chi connectivity index (χ0n) is 22.9. The Labute approximate surface area is 248 Å². The van der Waals surface area contributed by atoms with Crippen molar-refractivity contribution in [3.8, 4) is 16.9 Å². The lowest BCUT2D eigenvalue weighted by atomic mass is 9.94. The van der Waals surface area contributed by atoms with E-state index in [0.717, 1.165) is 24.1 Å². The number of likely N-dealkylation sites (tertiary alicyclic amines) is 1. The van der Waals surface area contributed by atoms with Gasteiger partial charge in [-0.05, 0) is 29.8 Å². The summed E-state index contributed by atoms with van der Waals surface area (Å²) < 4.78 is 77.4. The van der Waals surface area contributed by atoms with E-state index in [4.69, 9.17) is 16.3 Å². The minimum absolute atomic E-state index is 0.106. The van der Waals surface area contributed by atoms with Gasteiger partial charge >= 0.3 is 12.2 Å². The zero-order valence-corrected chi connectivity index (χ0v) is 23.7. The van der Waals surface area contributed by atoms with Gasteiger partial charge in [0, 0.05) is 44.9 Å². The third kappa shape index (κ3) is 6.50. The Hall–Kier alpha value is -4.01. The number of benzene rings is 2. The van der Waals surface area contributed by atoms with Gasteiger partial charge in [-0.25, -0.2) is 18.3 Å². The molecule has 3 atom stereocenters. The molecule has 0 saturated carbocycles. The SMILES string of the molecule is COCC(N1CC(NC(=O)Nc2c(Cl)c(-c3cnn(C)c3)nn2-c2ccccc2)C(c2ccc(F)c(F)c2)C1)C(F)(F)F. The number of methoxy groups -OCH3 is 1. The van der Waals surface area contributed by atoms with Crippen LogP contribution < -0.4 is 10.6 Å². The summed E-state index contributed by atoms with van der Waals surface area (Å²) in [6.07, 6.45) is -1.38. The Balaban J connectivity index is 1.45. The van der Waals surface area contributed by atoms with Gasteiger partial charge in [0.2, 0.25) is 0 Å². The van der Waals surface area contributed by atoms with E-state index in [-0.39, 0.29) is 29.5 Å². The van der Waals surface area contributed by atoms with Crippen LogP contribution in [0, 0.1) is 11.6 Å². The fourth-order valence-corrected chi connectivity index (χ4v) is 5.46. The molecule has 1 aliphatic rings. The highest BCUT2D eigenvalue weighted by Gasteiger charge is 2.48. The number of ether oxygens (including phenoxy) is 1. The molecule has 1 saturated heterocycles.